The lowest BCUT2D eigenvalue weighted by atomic mass is 10.1. The minimum Gasteiger partial charge on any atom is -0.434 e. The molecular formula is C25H23ClN2O5. The Hall–Kier alpha value is -3.84. The molecule has 0 radical (unpaired) electrons. The summed E-state index contributed by atoms with van der Waals surface area (Å²) in [5.74, 6) is -0.169. The van der Waals surface area contributed by atoms with Crippen molar-refractivity contribution < 1.29 is 23.9 Å². The fourth-order valence-corrected chi connectivity index (χ4v) is 3.19. The molecule has 2 N–H and O–H groups in total. The maximum Gasteiger partial charge on any atom is 0.513 e. The van der Waals surface area contributed by atoms with Gasteiger partial charge in [0.05, 0.1) is 13.0 Å². The smallest absolute Gasteiger partial charge is 0.434 e. The molecular weight excluding hydrogens is 444 g/mol. The zero-order valence-electron chi connectivity index (χ0n) is 18.0. The van der Waals surface area contributed by atoms with Gasteiger partial charge in [0.1, 0.15) is 5.75 Å². The fraction of sp³-hybridized carbons (Fsp3) is 0.160. The first-order valence-electron chi connectivity index (χ1n) is 10.3. The molecule has 0 fully saturated rings. The monoisotopic (exact) mass is 466 g/mol. The number of hydrogen-bond acceptors (Lipinski definition) is 5. The third-order valence-electron chi connectivity index (χ3n) is 4.51. The van der Waals surface area contributed by atoms with E-state index < -0.39 is 6.16 Å². The molecule has 0 saturated carbocycles. The molecule has 0 heterocycles. The normalized spacial score (nSPS) is 10.2. The van der Waals surface area contributed by atoms with E-state index in [1.165, 1.54) is 12.1 Å². The summed E-state index contributed by atoms with van der Waals surface area (Å²) in [6.07, 6.45) is -0.571. The number of halogens is 1. The van der Waals surface area contributed by atoms with Crippen LogP contribution in [0.1, 0.15) is 28.4 Å². The third-order valence-corrected chi connectivity index (χ3v) is 4.74. The predicted molar refractivity (Wildman–Crippen MR) is 125 cm³/mol. The average Bonchev–Trinajstić information content (AvgIpc) is 2.78. The molecule has 170 valence electrons. The molecule has 0 aromatic heterocycles. The number of ether oxygens (including phenoxy) is 2. The molecule has 0 aliphatic heterocycles. The van der Waals surface area contributed by atoms with Crippen LogP contribution in [0.15, 0.2) is 72.8 Å². The quantitative estimate of drug-likeness (QED) is 0.360. The van der Waals surface area contributed by atoms with Crippen LogP contribution in [-0.4, -0.2) is 24.6 Å². The van der Waals surface area contributed by atoms with Crippen LogP contribution >= 0.6 is 11.6 Å². The number of amides is 2. The minimum absolute atomic E-state index is 0.128. The van der Waals surface area contributed by atoms with Gasteiger partial charge in [-0.1, -0.05) is 35.9 Å². The highest BCUT2D eigenvalue weighted by Gasteiger charge is 2.10. The summed E-state index contributed by atoms with van der Waals surface area (Å²) < 4.78 is 9.69. The first-order valence-corrected chi connectivity index (χ1v) is 10.7. The van der Waals surface area contributed by atoms with Crippen molar-refractivity contribution in [1.29, 1.82) is 0 Å². The van der Waals surface area contributed by atoms with Crippen molar-refractivity contribution in [1.82, 2.24) is 5.32 Å². The van der Waals surface area contributed by atoms with E-state index in [2.05, 4.69) is 10.6 Å². The largest absolute Gasteiger partial charge is 0.513 e. The Morgan fingerprint density at radius 1 is 0.909 bits per heavy atom. The van der Waals surface area contributed by atoms with Crippen molar-refractivity contribution in [2.45, 2.75) is 19.9 Å². The minimum atomic E-state index is -0.800. The molecule has 0 saturated heterocycles. The number of carbonyl (C=O) groups is 3. The Labute approximate surface area is 196 Å². The lowest BCUT2D eigenvalue weighted by molar-refractivity contribution is -0.120. The van der Waals surface area contributed by atoms with E-state index in [0.717, 1.165) is 11.1 Å². The van der Waals surface area contributed by atoms with E-state index in [9.17, 15) is 14.4 Å². The number of rotatable bonds is 8. The molecule has 7 nitrogen and oxygen atoms in total. The second-order valence-electron chi connectivity index (χ2n) is 7.05. The van der Waals surface area contributed by atoms with Gasteiger partial charge in [-0.3, -0.25) is 9.59 Å². The molecule has 0 aliphatic carbocycles. The van der Waals surface area contributed by atoms with Crippen LogP contribution in [0.4, 0.5) is 10.5 Å². The SMILES string of the molecule is CCOC(=O)Oc1ccc(C(=O)Nc2cccc(CNC(=O)Cc3cccc(Cl)c3)c2)cc1. The van der Waals surface area contributed by atoms with E-state index in [-0.39, 0.29) is 30.6 Å². The Balaban J connectivity index is 1.53. The zero-order chi connectivity index (χ0) is 23.6. The lowest BCUT2D eigenvalue weighted by Gasteiger charge is -2.10. The van der Waals surface area contributed by atoms with Gasteiger partial charge in [-0.25, -0.2) is 4.79 Å². The molecule has 0 spiro atoms. The second kappa shape index (κ2) is 11.7. The summed E-state index contributed by atoms with van der Waals surface area (Å²) in [7, 11) is 0. The van der Waals surface area contributed by atoms with Crippen molar-refractivity contribution in [3.05, 3.63) is 94.5 Å². The van der Waals surface area contributed by atoms with Gasteiger partial charge in [0.2, 0.25) is 5.91 Å². The van der Waals surface area contributed by atoms with Crippen molar-refractivity contribution in [2.24, 2.45) is 0 Å². The van der Waals surface area contributed by atoms with Gasteiger partial charge in [0.25, 0.3) is 5.91 Å². The number of nitrogens with one attached hydrogen (secondary N) is 2. The maximum absolute atomic E-state index is 12.5. The van der Waals surface area contributed by atoms with E-state index in [4.69, 9.17) is 21.1 Å². The summed E-state index contributed by atoms with van der Waals surface area (Å²) in [5.41, 5.74) is 2.66. The number of anilines is 1. The Morgan fingerprint density at radius 3 is 2.36 bits per heavy atom. The molecule has 3 rings (SSSR count). The Bertz CT molecular complexity index is 1130. The van der Waals surface area contributed by atoms with Gasteiger partial charge < -0.3 is 20.1 Å². The molecule has 3 aromatic carbocycles. The first kappa shape index (κ1) is 23.8. The third kappa shape index (κ3) is 7.66. The number of benzene rings is 3. The van der Waals surface area contributed by atoms with Gasteiger partial charge in [0, 0.05) is 22.8 Å². The Morgan fingerprint density at radius 2 is 1.64 bits per heavy atom. The van der Waals surface area contributed by atoms with Crippen LogP contribution in [0.3, 0.4) is 0 Å². The summed E-state index contributed by atoms with van der Waals surface area (Å²) in [5, 5.41) is 6.27. The highest BCUT2D eigenvalue weighted by Crippen LogP contribution is 2.16. The van der Waals surface area contributed by atoms with Gasteiger partial charge in [-0.2, -0.15) is 0 Å². The molecule has 0 aliphatic rings. The van der Waals surface area contributed by atoms with E-state index in [0.29, 0.717) is 22.8 Å². The van der Waals surface area contributed by atoms with Crippen molar-refractivity contribution in [3.63, 3.8) is 0 Å². The first-order chi connectivity index (χ1) is 15.9. The summed E-state index contributed by atoms with van der Waals surface area (Å²) in [6.45, 7) is 2.21. The molecule has 0 atom stereocenters. The van der Waals surface area contributed by atoms with E-state index >= 15 is 0 Å². The molecule has 2 amide bonds. The van der Waals surface area contributed by atoms with Crippen LogP contribution in [0, 0.1) is 0 Å². The Kier molecular flexibility index (Phi) is 8.43. The topological polar surface area (TPSA) is 93.7 Å². The second-order valence-corrected chi connectivity index (χ2v) is 7.48. The van der Waals surface area contributed by atoms with Crippen LogP contribution < -0.4 is 15.4 Å². The maximum atomic E-state index is 12.5. The summed E-state index contributed by atoms with van der Waals surface area (Å²) in [6, 6.07) is 20.5. The molecule has 0 unspecified atom stereocenters. The number of hydrogen-bond donors (Lipinski definition) is 2. The summed E-state index contributed by atoms with van der Waals surface area (Å²) in [4.78, 5) is 36.1. The predicted octanol–water partition coefficient (Wildman–Crippen LogP) is 4.99. The molecule has 8 heteroatoms. The van der Waals surface area contributed by atoms with Gasteiger partial charge in [0.15, 0.2) is 0 Å². The van der Waals surface area contributed by atoms with Crippen LogP contribution in [0.2, 0.25) is 5.02 Å². The highest BCUT2D eigenvalue weighted by molar-refractivity contribution is 6.30. The number of carbonyl (C=O) groups excluding carboxylic acids is 3. The van der Waals surface area contributed by atoms with Gasteiger partial charge in [-0.05, 0) is 66.6 Å². The highest BCUT2D eigenvalue weighted by atomic mass is 35.5. The van der Waals surface area contributed by atoms with Crippen LogP contribution in [0.25, 0.3) is 0 Å². The zero-order valence-corrected chi connectivity index (χ0v) is 18.7. The summed E-state index contributed by atoms with van der Waals surface area (Å²) >= 11 is 5.95. The van der Waals surface area contributed by atoms with Crippen LogP contribution in [-0.2, 0) is 22.5 Å². The fourth-order valence-electron chi connectivity index (χ4n) is 2.98. The average molecular weight is 467 g/mol. The lowest BCUT2D eigenvalue weighted by Crippen LogP contribution is -2.24. The van der Waals surface area contributed by atoms with E-state index in [1.54, 1.807) is 55.5 Å². The van der Waals surface area contributed by atoms with Crippen molar-refractivity contribution in [3.8, 4) is 5.75 Å². The van der Waals surface area contributed by atoms with E-state index in [1.807, 2.05) is 12.1 Å². The molecule has 3 aromatic rings. The van der Waals surface area contributed by atoms with Gasteiger partial charge >= 0.3 is 6.16 Å². The van der Waals surface area contributed by atoms with Gasteiger partial charge in [-0.15, -0.1) is 0 Å². The molecule has 0 bridgehead atoms. The standard InChI is InChI=1S/C25H23ClN2O5/c1-2-32-25(31)33-22-11-9-19(10-12-22)24(30)28-21-8-4-6-18(14-21)16-27-23(29)15-17-5-3-7-20(26)13-17/h3-14H,2,15-16H2,1H3,(H,27,29)(H,28,30). The van der Waals surface area contributed by atoms with Crippen LogP contribution in [0.5, 0.6) is 5.75 Å². The molecule has 33 heavy (non-hydrogen) atoms. The van der Waals surface area contributed by atoms with Crippen molar-refractivity contribution in [2.75, 3.05) is 11.9 Å². The van der Waals surface area contributed by atoms with Crippen molar-refractivity contribution >= 4 is 35.3 Å².